The largest absolute Gasteiger partial charge is 0.497 e. The molecule has 12 heteroatoms. The number of nitriles is 1. The minimum absolute atomic E-state index is 0.273. The lowest BCUT2D eigenvalue weighted by Crippen LogP contribution is -2.43. The van der Waals surface area contributed by atoms with Crippen LogP contribution in [0.2, 0.25) is 0 Å². The number of amides is 2. The summed E-state index contributed by atoms with van der Waals surface area (Å²) >= 11 is 0. The number of carbonyl (C=O) groups excluding carboxylic acids is 2. The van der Waals surface area contributed by atoms with E-state index in [1.54, 1.807) is 19.2 Å². The number of likely N-dealkylation sites (tertiary alicyclic amines) is 1. The third-order valence-electron chi connectivity index (χ3n) is 7.71. The van der Waals surface area contributed by atoms with E-state index in [4.69, 9.17) is 9.47 Å². The summed E-state index contributed by atoms with van der Waals surface area (Å²) in [6, 6.07) is 13.2. The maximum atomic E-state index is 13.8. The van der Waals surface area contributed by atoms with E-state index in [0.29, 0.717) is 29.0 Å². The van der Waals surface area contributed by atoms with Crippen LogP contribution in [0.1, 0.15) is 23.2 Å². The minimum Gasteiger partial charge on any atom is -0.497 e. The Labute approximate surface area is 248 Å². The number of piperazine rings is 1. The molecule has 3 heterocycles. The summed E-state index contributed by atoms with van der Waals surface area (Å²) in [6.07, 6.45) is 1.64. The number of rotatable bonds is 10. The second-order valence-corrected chi connectivity index (χ2v) is 10.7. The SMILES string of the molecule is COc1ccc(-c2ccc3nccc(C(=O)NCC(=O)N4CC(F)(F)C[C@H]4C#N)c3c2)c(OCCCN2CCNCC2)c1. The van der Waals surface area contributed by atoms with Gasteiger partial charge in [0, 0.05) is 62.4 Å². The van der Waals surface area contributed by atoms with Crippen LogP contribution in [0.15, 0.2) is 48.7 Å². The van der Waals surface area contributed by atoms with Gasteiger partial charge in [0.25, 0.3) is 11.8 Å². The topological polar surface area (TPSA) is 120 Å². The molecule has 2 fully saturated rings. The van der Waals surface area contributed by atoms with Gasteiger partial charge in [-0.05, 0) is 42.3 Å². The molecule has 0 radical (unpaired) electrons. The van der Waals surface area contributed by atoms with Crippen molar-refractivity contribution in [3.63, 3.8) is 0 Å². The molecule has 1 aromatic heterocycles. The van der Waals surface area contributed by atoms with Crippen molar-refractivity contribution >= 4 is 22.7 Å². The summed E-state index contributed by atoms with van der Waals surface area (Å²) in [5.41, 5.74) is 2.45. The molecule has 2 aliphatic heterocycles. The maximum Gasteiger partial charge on any atom is 0.268 e. The first-order valence-electron chi connectivity index (χ1n) is 14.3. The molecule has 226 valence electrons. The van der Waals surface area contributed by atoms with Gasteiger partial charge in [0.1, 0.15) is 17.5 Å². The van der Waals surface area contributed by atoms with Crippen LogP contribution in [0.4, 0.5) is 8.78 Å². The van der Waals surface area contributed by atoms with Crippen LogP contribution in [0, 0.1) is 11.3 Å². The highest BCUT2D eigenvalue weighted by molar-refractivity contribution is 6.07. The first-order chi connectivity index (χ1) is 20.8. The van der Waals surface area contributed by atoms with E-state index in [1.165, 1.54) is 12.3 Å². The number of nitrogens with one attached hydrogen (secondary N) is 2. The number of hydrogen-bond acceptors (Lipinski definition) is 8. The van der Waals surface area contributed by atoms with E-state index in [0.717, 1.165) is 55.2 Å². The van der Waals surface area contributed by atoms with E-state index in [1.807, 2.05) is 30.3 Å². The Morgan fingerprint density at radius 1 is 1.19 bits per heavy atom. The predicted octanol–water partition coefficient (Wildman–Crippen LogP) is 3.07. The average Bonchev–Trinajstić information content (AvgIpc) is 3.36. The Bertz CT molecular complexity index is 1520. The molecule has 1 atom stereocenters. The predicted molar refractivity (Wildman–Crippen MR) is 156 cm³/mol. The van der Waals surface area contributed by atoms with Crippen molar-refractivity contribution in [3.05, 3.63) is 54.2 Å². The molecule has 2 amide bonds. The highest BCUT2D eigenvalue weighted by Crippen LogP contribution is 2.36. The van der Waals surface area contributed by atoms with Crippen LogP contribution < -0.4 is 20.1 Å². The summed E-state index contributed by atoms with van der Waals surface area (Å²) in [4.78, 5) is 33.4. The Morgan fingerprint density at radius 3 is 2.77 bits per heavy atom. The molecule has 2 N–H and O–H groups in total. The molecule has 2 aromatic carbocycles. The van der Waals surface area contributed by atoms with Gasteiger partial charge in [0.05, 0.1) is 44.0 Å². The number of halogens is 2. The number of carbonyl (C=O) groups is 2. The number of nitrogens with zero attached hydrogens (tertiary/aromatic N) is 4. The number of fused-ring (bicyclic) bond motifs is 1. The lowest BCUT2D eigenvalue weighted by molar-refractivity contribution is -0.131. The maximum absolute atomic E-state index is 13.8. The molecule has 0 bridgehead atoms. The number of hydrogen-bond donors (Lipinski definition) is 2. The molecule has 3 aromatic rings. The first kappa shape index (κ1) is 30.1. The van der Waals surface area contributed by atoms with Gasteiger partial charge in [0.2, 0.25) is 5.91 Å². The van der Waals surface area contributed by atoms with Crippen molar-refractivity contribution in [2.75, 3.05) is 59.5 Å². The molecule has 0 unspecified atom stereocenters. The van der Waals surface area contributed by atoms with Crippen molar-refractivity contribution in [2.24, 2.45) is 0 Å². The first-order valence-corrected chi connectivity index (χ1v) is 14.3. The van der Waals surface area contributed by atoms with Crippen LogP contribution in [0.3, 0.4) is 0 Å². The molecule has 0 saturated carbocycles. The summed E-state index contributed by atoms with van der Waals surface area (Å²) < 4.78 is 39.2. The molecule has 2 saturated heterocycles. The fourth-order valence-electron chi connectivity index (χ4n) is 5.45. The zero-order valence-corrected chi connectivity index (χ0v) is 23.9. The van der Waals surface area contributed by atoms with Gasteiger partial charge in [-0.2, -0.15) is 5.26 Å². The molecule has 0 aliphatic carbocycles. The Hall–Kier alpha value is -4.34. The van der Waals surface area contributed by atoms with Crippen LogP contribution in [0.25, 0.3) is 22.0 Å². The van der Waals surface area contributed by atoms with Gasteiger partial charge in [-0.1, -0.05) is 6.07 Å². The molecule has 2 aliphatic rings. The third kappa shape index (κ3) is 7.18. The fourth-order valence-corrected chi connectivity index (χ4v) is 5.45. The molecule has 10 nitrogen and oxygen atoms in total. The highest BCUT2D eigenvalue weighted by atomic mass is 19.3. The van der Waals surface area contributed by atoms with Crippen LogP contribution in [0.5, 0.6) is 11.5 Å². The standard InChI is InChI=1S/C31H34F2N6O4/c1-42-23-4-5-24(28(16-23)43-14-2-11-38-12-9-35-10-13-38)21-3-6-27-26(15-21)25(7-8-36-27)30(41)37-19-29(40)39-20-31(32,33)17-22(39)18-34/h3-8,15-16,22,35H,2,9-14,17,19-20H2,1H3,(H,37,41)/t22-/m0/s1. The second kappa shape index (κ2) is 13.3. The molecule has 0 spiro atoms. The van der Waals surface area contributed by atoms with Crippen LogP contribution in [-0.4, -0.2) is 98.1 Å². The quantitative estimate of drug-likeness (QED) is 0.345. The number of pyridine rings is 1. The molecule has 43 heavy (non-hydrogen) atoms. The van der Waals surface area contributed by atoms with E-state index in [9.17, 15) is 23.6 Å². The molecular formula is C31H34F2N6O4. The average molecular weight is 593 g/mol. The second-order valence-electron chi connectivity index (χ2n) is 10.7. The Morgan fingerprint density at radius 2 is 2.00 bits per heavy atom. The smallest absolute Gasteiger partial charge is 0.268 e. The molecular weight excluding hydrogens is 558 g/mol. The lowest BCUT2D eigenvalue weighted by atomic mass is 9.99. The number of benzene rings is 2. The van der Waals surface area contributed by atoms with Gasteiger partial charge in [-0.3, -0.25) is 14.6 Å². The highest BCUT2D eigenvalue weighted by Gasteiger charge is 2.47. The summed E-state index contributed by atoms with van der Waals surface area (Å²) in [6.45, 7) is 4.14. The zero-order valence-electron chi connectivity index (χ0n) is 23.9. The zero-order chi connectivity index (χ0) is 30.4. The van der Waals surface area contributed by atoms with Crippen LogP contribution in [-0.2, 0) is 4.79 Å². The Balaban J connectivity index is 1.32. The van der Waals surface area contributed by atoms with Gasteiger partial charge in [-0.25, -0.2) is 8.78 Å². The number of ether oxygens (including phenoxy) is 2. The Kier molecular flexibility index (Phi) is 9.33. The van der Waals surface area contributed by atoms with Crippen molar-refractivity contribution in [1.82, 2.24) is 25.4 Å². The summed E-state index contributed by atoms with van der Waals surface area (Å²) in [5.74, 6) is -3.13. The summed E-state index contributed by atoms with van der Waals surface area (Å²) in [7, 11) is 1.59. The van der Waals surface area contributed by atoms with Crippen molar-refractivity contribution in [3.8, 4) is 28.7 Å². The van der Waals surface area contributed by atoms with E-state index >= 15 is 0 Å². The normalized spacial score (nSPS) is 18.3. The minimum atomic E-state index is -3.13. The van der Waals surface area contributed by atoms with Gasteiger partial charge in [-0.15, -0.1) is 0 Å². The fraction of sp³-hybridized carbons (Fsp3) is 0.419. The van der Waals surface area contributed by atoms with E-state index < -0.39 is 43.3 Å². The van der Waals surface area contributed by atoms with Crippen molar-refractivity contribution in [2.45, 2.75) is 24.8 Å². The van der Waals surface area contributed by atoms with E-state index in [-0.39, 0.29) is 5.56 Å². The van der Waals surface area contributed by atoms with Crippen molar-refractivity contribution in [1.29, 1.82) is 5.26 Å². The number of aromatic nitrogens is 1. The van der Waals surface area contributed by atoms with Gasteiger partial charge in [0.15, 0.2) is 0 Å². The third-order valence-corrected chi connectivity index (χ3v) is 7.71. The summed E-state index contributed by atoms with van der Waals surface area (Å²) in [5, 5.41) is 15.6. The van der Waals surface area contributed by atoms with Crippen molar-refractivity contribution < 1.29 is 27.8 Å². The van der Waals surface area contributed by atoms with Gasteiger partial charge >= 0.3 is 0 Å². The number of alkyl halides is 2. The van der Waals surface area contributed by atoms with Crippen LogP contribution >= 0.6 is 0 Å². The lowest BCUT2D eigenvalue weighted by Gasteiger charge is -2.27. The van der Waals surface area contributed by atoms with Gasteiger partial charge < -0.3 is 29.9 Å². The number of methoxy groups -OCH3 is 1. The van der Waals surface area contributed by atoms with E-state index in [2.05, 4.69) is 20.5 Å². The molecule has 5 rings (SSSR count). The monoisotopic (exact) mass is 592 g/mol.